The van der Waals surface area contributed by atoms with Gasteiger partial charge < -0.3 is 5.73 Å². The Kier molecular flexibility index (Phi) is 4.28. The van der Waals surface area contributed by atoms with Crippen LogP contribution in [0.25, 0.3) is 0 Å². The van der Waals surface area contributed by atoms with Crippen molar-refractivity contribution in [2.45, 2.75) is 44.9 Å². The molecule has 0 aliphatic heterocycles. The first-order chi connectivity index (χ1) is 7.75. The third kappa shape index (κ3) is 3.24. The van der Waals surface area contributed by atoms with Gasteiger partial charge >= 0.3 is 0 Å². The van der Waals surface area contributed by atoms with Crippen LogP contribution in [0.2, 0.25) is 0 Å². The molecule has 0 spiro atoms. The van der Waals surface area contributed by atoms with Crippen LogP contribution in [0.15, 0.2) is 22.7 Å². The number of halogens is 1. The minimum atomic E-state index is 0.846. The van der Waals surface area contributed by atoms with Crippen molar-refractivity contribution in [1.29, 1.82) is 0 Å². The number of nitrogen functional groups attached to an aromatic ring is 1. The molecule has 0 bridgehead atoms. The van der Waals surface area contributed by atoms with Crippen molar-refractivity contribution < 1.29 is 0 Å². The molecule has 0 unspecified atom stereocenters. The summed E-state index contributed by atoms with van der Waals surface area (Å²) in [5.74, 6) is 0.846. The van der Waals surface area contributed by atoms with E-state index in [2.05, 4.69) is 22.0 Å². The van der Waals surface area contributed by atoms with Gasteiger partial charge in [0.25, 0.3) is 0 Å². The Morgan fingerprint density at radius 1 is 1.12 bits per heavy atom. The maximum atomic E-state index is 6.02. The standard InChI is InChI=1S/C14H20BrN/c15-13-7-8-14(16)12(10-13)9-11-5-3-1-2-4-6-11/h7-8,10-11H,1-6,9,16H2. The van der Waals surface area contributed by atoms with Crippen LogP contribution in [0.5, 0.6) is 0 Å². The van der Waals surface area contributed by atoms with Crippen LogP contribution in [-0.2, 0) is 6.42 Å². The molecule has 1 nitrogen and oxygen atoms in total. The van der Waals surface area contributed by atoms with E-state index in [0.717, 1.165) is 22.5 Å². The first-order valence-electron chi connectivity index (χ1n) is 6.29. The van der Waals surface area contributed by atoms with Gasteiger partial charge in [-0.1, -0.05) is 54.5 Å². The van der Waals surface area contributed by atoms with E-state index in [1.54, 1.807) is 0 Å². The van der Waals surface area contributed by atoms with E-state index in [0.29, 0.717) is 0 Å². The van der Waals surface area contributed by atoms with E-state index in [-0.39, 0.29) is 0 Å². The fourth-order valence-electron chi connectivity index (χ4n) is 2.63. The van der Waals surface area contributed by atoms with E-state index in [9.17, 15) is 0 Å². The van der Waals surface area contributed by atoms with Crippen molar-refractivity contribution in [3.8, 4) is 0 Å². The van der Waals surface area contributed by atoms with Crippen molar-refractivity contribution in [2.75, 3.05) is 5.73 Å². The molecule has 2 N–H and O–H groups in total. The zero-order chi connectivity index (χ0) is 11.4. The lowest BCUT2D eigenvalue weighted by atomic mass is 9.92. The van der Waals surface area contributed by atoms with Gasteiger partial charge in [0.1, 0.15) is 0 Å². The van der Waals surface area contributed by atoms with Crippen LogP contribution in [0.4, 0.5) is 5.69 Å². The molecule has 1 aromatic carbocycles. The number of nitrogens with two attached hydrogens (primary N) is 1. The average Bonchev–Trinajstić information content (AvgIpc) is 2.52. The Morgan fingerprint density at radius 3 is 2.50 bits per heavy atom. The van der Waals surface area contributed by atoms with E-state index in [1.165, 1.54) is 44.1 Å². The third-order valence-electron chi connectivity index (χ3n) is 3.59. The summed E-state index contributed by atoms with van der Waals surface area (Å²) in [6, 6.07) is 6.21. The molecular formula is C14H20BrN. The number of hydrogen-bond donors (Lipinski definition) is 1. The van der Waals surface area contributed by atoms with Gasteiger partial charge in [0.2, 0.25) is 0 Å². The molecule has 1 fully saturated rings. The summed E-state index contributed by atoms with van der Waals surface area (Å²) < 4.78 is 1.14. The average molecular weight is 282 g/mol. The molecule has 1 aliphatic carbocycles. The molecule has 0 saturated heterocycles. The summed E-state index contributed by atoms with van der Waals surface area (Å²) in [6.07, 6.45) is 9.56. The summed E-state index contributed by atoms with van der Waals surface area (Å²) in [7, 11) is 0. The van der Waals surface area contributed by atoms with E-state index < -0.39 is 0 Å². The highest BCUT2D eigenvalue weighted by atomic mass is 79.9. The molecule has 16 heavy (non-hydrogen) atoms. The summed E-state index contributed by atoms with van der Waals surface area (Å²) in [4.78, 5) is 0. The summed E-state index contributed by atoms with van der Waals surface area (Å²) >= 11 is 3.52. The monoisotopic (exact) mass is 281 g/mol. The largest absolute Gasteiger partial charge is 0.399 e. The number of hydrogen-bond acceptors (Lipinski definition) is 1. The van der Waals surface area contributed by atoms with Crippen LogP contribution >= 0.6 is 15.9 Å². The van der Waals surface area contributed by atoms with Gasteiger partial charge in [-0.25, -0.2) is 0 Å². The third-order valence-corrected chi connectivity index (χ3v) is 4.08. The molecule has 88 valence electrons. The lowest BCUT2D eigenvalue weighted by Crippen LogP contribution is -2.05. The van der Waals surface area contributed by atoms with Gasteiger partial charge in [0.05, 0.1) is 0 Å². The fourth-order valence-corrected chi connectivity index (χ4v) is 3.04. The minimum Gasteiger partial charge on any atom is -0.399 e. The predicted molar refractivity (Wildman–Crippen MR) is 73.5 cm³/mol. The zero-order valence-corrected chi connectivity index (χ0v) is 11.3. The molecule has 0 radical (unpaired) electrons. The second-order valence-corrected chi connectivity index (χ2v) is 5.82. The number of benzene rings is 1. The van der Waals surface area contributed by atoms with Crippen molar-refractivity contribution in [3.05, 3.63) is 28.2 Å². The Labute approximate surface area is 107 Å². The van der Waals surface area contributed by atoms with Crippen molar-refractivity contribution in [3.63, 3.8) is 0 Å². The van der Waals surface area contributed by atoms with Crippen LogP contribution in [0.1, 0.15) is 44.1 Å². The molecule has 0 amide bonds. The van der Waals surface area contributed by atoms with E-state index in [4.69, 9.17) is 5.73 Å². The predicted octanol–water partition coefficient (Wildman–Crippen LogP) is 4.54. The quantitative estimate of drug-likeness (QED) is 0.625. The maximum absolute atomic E-state index is 6.02. The second-order valence-electron chi connectivity index (χ2n) is 4.90. The number of rotatable bonds is 2. The van der Waals surface area contributed by atoms with Gasteiger partial charge in [-0.15, -0.1) is 0 Å². The molecule has 2 rings (SSSR count). The van der Waals surface area contributed by atoms with Gasteiger partial charge in [0, 0.05) is 10.2 Å². The highest BCUT2D eigenvalue weighted by Gasteiger charge is 2.14. The van der Waals surface area contributed by atoms with Gasteiger partial charge in [-0.2, -0.15) is 0 Å². The normalized spacial score (nSPS) is 18.3. The molecule has 1 aromatic rings. The molecule has 1 aliphatic rings. The minimum absolute atomic E-state index is 0.846. The zero-order valence-electron chi connectivity index (χ0n) is 9.71. The maximum Gasteiger partial charge on any atom is 0.0347 e. The van der Waals surface area contributed by atoms with E-state index in [1.807, 2.05) is 12.1 Å². The first-order valence-corrected chi connectivity index (χ1v) is 7.09. The Morgan fingerprint density at radius 2 is 1.81 bits per heavy atom. The summed E-state index contributed by atoms with van der Waals surface area (Å²) in [6.45, 7) is 0. The van der Waals surface area contributed by atoms with Crippen LogP contribution in [0.3, 0.4) is 0 Å². The van der Waals surface area contributed by atoms with Crippen LogP contribution in [0, 0.1) is 5.92 Å². The second kappa shape index (κ2) is 5.72. The molecule has 0 atom stereocenters. The highest BCUT2D eigenvalue weighted by molar-refractivity contribution is 9.10. The molecule has 2 heteroatoms. The van der Waals surface area contributed by atoms with E-state index >= 15 is 0 Å². The van der Waals surface area contributed by atoms with Crippen molar-refractivity contribution in [2.24, 2.45) is 5.92 Å². The molecule has 1 saturated carbocycles. The Balaban J connectivity index is 2.04. The molecular weight excluding hydrogens is 262 g/mol. The smallest absolute Gasteiger partial charge is 0.0347 e. The lowest BCUT2D eigenvalue weighted by Gasteiger charge is -2.15. The van der Waals surface area contributed by atoms with Gasteiger partial charge in [0.15, 0.2) is 0 Å². The van der Waals surface area contributed by atoms with Crippen LogP contribution in [-0.4, -0.2) is 0 Å². The fraction of sp³-hybridized carbons (Fsp3) is 0.571. The van der Waals surface area contributed by atoms with Gasteiger partial charge in [-0.05, 0) is 36.1 Å². The topological polar surface area (TPSA) is 26.0 Å². The Bertz CT molecular complexity index is 341. The van der Waals surface area contributed by atoms with Crippen molar-refractivity contribution in [1.82, 2.24) is 0 Å². The summed E-state index contributed by atoms with van der Waals surface area (Å²) in [5.41, 5.74) is 8.30. The Hall–Kier alpha value is -0.500. The number of anilines is 1. The van der Waals surface area contributed by atoms with Crippen LogP contribution < -0.4 is 5.73 Å². The molecule has 0 aromatic heterocycles. The SMILES string of the molecule is Nc1ccc(Br)cc1CC1CCCCCC1. The molecule has 0 heterocycles. The first kappa shape index (κ1) is 12.0. The lowest BCUT2D eigenvalue weighted by molar-refractivity contribution is 0.458. The van der Waals surface area contributed by atoms with Crippen molar-refractivity contribution >= 4 is 21.6 Å². The van der Waals surface area contributed by atoms with Gasteiger partial charge in [-0.3, -0.25) is 0 Å². The highest BCUT2D eigenvalue weighted by Crippen LogP contribution is 2.29. The summed E-state index contributed by atoms with van der Waals surface area (Å²) in [5, 5.41) is 0.